The molecule has 1 heterocycles. The molecule has 0 saturated heterocycles. The van der Waals surface area contributed by atoms with E-state index in [4.69, 9.17) is 0 Å². The fourth-order valence-corrected chi connectivity index (χ4v) is 3.73. The van der Waals surface area contributed by atoms with E-state index in [0.29, 0.717) is 16.1 Å². The number of aromatic carboxylic acids is 1. The fourth-order valence-electron chi connectivity index (χ4n) is 2.67. The van der Waals surface area contributed by atoms with E-state index in [1.165, 1.54) is 11.3 Å². The summed E-state index contributed by atoms with van der Waals surface area (Å²) in [4.78, 5) is 25.1. The van der Waals surface area contributed by atoms with Crippen LogP contribution in [0.2, 0.25) is 0 Å². The molecule has 0 spiro atoms. The van der Waals surface area contributed by atoms with Crippen molar-refractivity contribution in [1.29, 1.82) is 0 Å². The molecule has 0 aliphatic carbocycles. The van der Waals surface area contributed by atoms with E-state index in [0.717, 1.165) is 16.0 Å². The van der Waals surface area contributed by atoms with E-state index in [9.17, 15) is 14.7 Å². The van der Waals surface area contributed by atoms with Crippen molar-refractivity contribution in [2.75, 3.05) is 5.32 Å². The van der Waals surface area contributed by atoms with Crippen molar-refractivity contribution < 1.29 is 14.7 Å². The van der Waals surface area contributed by atoms with Crippen LogP contribution in [-0.2, 0) is 0 Å². The van der Waals surface area contributed by atoms with E-state index in [1.54, 1.807) is 24.3 Å². The zero-order valence-corrected chi connectivity index (χ0v) is 14.7. The van der Waals surface area contributed by atoms with E-state index in [-0.39, 0.29) is 11.5 Å². The Morgan fingerprint density at radius 2 is 1.60 bits per heavy atom. The molecule has 25 heavy (non-hydrogen) atoms. The Kier molecular flexibility index (Phi) is 4.67. The number of rotatable bonds is 4. The van der Waals surface area contributed by atoms with E-state index < -0.39 is 5.97 Å². The number of carboxylic acids is 1. The van der Waals surface area contributed by atoms with Crippen molar-refractivity contribution >= 4 is 28.2 Å². The van der Waals surface area contributed by atoms with Gasteiger partial charge in [0.2, 0.25) is 0 Å². The molecule has 0 bridgehead atoms. The lowest BCUT2D eigenvalue weighted by atomic mass is 10.0. The van der Waals surface area contributed by atoms with Gasteiger partial charge in [-0.3, -0.25) is 4.79 Å². The summed E-state index contributed by atoms with van der Waals surface area (Å²) in [5.74, 6) is -1.37. The Labute approximate surface area is 149 Å². The normalized spacial score (nSPS) is 10.5. The van der Waals surface area contributed by atoms with Crippen LogP contribution in [0, 0.1) is 13.8 Å². The van der Waals surface area contributed by atoms with Gasteiger partial charge in [0.25, 0.3) is 5.91 Å². The number of nitrogens with one attached hydrogen (secondary N) is 1. The lowest BCUT2D eigenvalue weighted by molar-refractivity contribution is 0.0699. The third-order valence-electron chi connectivity index (χ3n) is 3.90. The number of carbonyl (C=O) groups is 2. The van der Waals surface area contributed by atoms with Gasteiger partial charge in [-0.05, 0) is 31.5 Å². The second-order valence-electron chi connectivity index (χ2n) is 5.73. The first-order chi connectivity index (χ1) is 12.0. The van der Waals surface area contributed by atoms with Crippen LogP contribution in [0.25, 0.3) is 11.1 Å². The molecule has 126 valence electrons. The standard InChI is InChI=1S/C20H17NO3S/c1-12-8-10-14(11-9-12)16-13(2)25-19(17(16)20(23)24)21-18(22)15-6-4-3-5-7-15/h3-11H,1-2H3,(H,21,22)(H,23,24). The first kappa shape index (κ1) is 16.9. The second-order valence-corrected chi connectivity index (χ2v) is 6.95. The molecule has 0 radical (unpaired) electrons. The smallest absolute Gasteiger partial charge is 0.339 e. The average Bonchev–Trinajstić information content (AvgIpc) is 2.92. The number of amides is 1. The quantitative estimate of drug-likeness (QED) is 0.696. The zero-order chi connectivity index (χ0) is 18.0. The third kappa shape index (κ3) is 3.46. The maximum Gasteiger partial charge on any atom is 0.339 e. The number of benzene rings is 2. The SMILES string of the molecule is Cc1ccc(-c2c(C)sc(NC(=O)c3ccccc3)c2C(=O)O)cc1. The summed E-state index contributed by atoms with van der Waals surface area (Å²) in [6, 6.07) is 16.4. The maximum atomic E-state index is 12.4. The van der Waals surface area contributed by atoms with Crippen molar-refractivity contribution in [2.24, 2.45) is 0 Å². The molecule has 2 N–H and O–H groups in total. The Balaban J connectivity index is 2.03. The predicted octanol–water partition coefficient (Wildman–Crippen LogP) is 4.98. The molecule has 0 aliphatic rings. The highest BCUT2D eigenvalue weighted by molar-refractivity contribution is 7.17. The topological polar surface area (TPSA) is 66.4 Å². The Bertz CT molecular complexity index is 928. The highest BCUT2D eigenvalue weighted by atomic mass is 32.1. The molecule has 1 aromatic heterocycles. The molecular weight excluding hydrogens is 334 g/mol. The first-order valence-electron chi connectivity index (χ1n) is 7.77. The maximum absolute atomic E-state index is 12.4. The highest BCUT2D eigenvalue weighted by Gasteiger charge is 2.24. The third-order valence-corrected chi connectivity index (χ3v) is 4.92. The van der Waals surface area contributed by atoms with Crippen LogP contribution in [0.3, 0.4) is 0 Å². The van der Waals surface area contributed by atoms with Gasteiger partial charge in [-0.2, -0.15) is 0 Å². The predicted molar refractivity (Wildman–Crippen MR) is 101 cm³/mol. The van der Waals surface area contributed by atoms with Crippen LogP contribution in [0.4, 0.5) is 5.00 Å². The van der Waals surface area contributed by atoms with Gasteiger partial charge in [0.1, 0.15) is 10.6 Å². The van der Waals surface area contributed by atoms with Crippen molar-refractivity contribution in [3.8, 4) is 11.1 Å². The van der Waals surface area contributed by atoms with Crippen LogP contribution in [0.1, 0.15) is 31.2 Å². The van der Waals surface area contributed by atoms with E-state index in [2.05, 4.69) is 5.32 Å². The van der Waals surface area contributed by atoms with Gasteiger partial charge in [-0.1, -0.05) is 48.0 Å². The summed E-state index contributed by atoms with van der Waals surface area (Å²) in [6.45, 7) is 3.85. The number of carboxylic acid groups (broad SMARTS) is 1. The fraction of sp³-hybridized carbons (Fsp3) is 0.100. The van der Waals surface area contributed by atoms with Gasteiger partial charge in [0, 0.05) is 16.0 Å². The number of anilines is 1. The van der Waals surface area contributed by atoms with Crippen LogP contribution in [-0.4, -0.2) is 17.0 Å². The van der Waals surface area contributed by atoms with E-state index >= 15 is 0 Å². The average molecular weight is 351 g/mol. The van der Waals surface area contributed by atoms with E-state index in [1.807, 2.05) is 44.2 Å². The number of thiophene rings is 1. The van der Waals surface area contributed by atoms with Crippen molar-refractivity contribution in [3.63, 3.8) is 0 Å². The molecule has 0 unspecified atom stereocenters. The summed E-state index contributed by atoms with van der Waals surface area (Å²) in [7, 11) is 0. The van der Waals surface area contributed by atoms with Gasteiger partial charge < -0.3 is 10.4 Å². The summed E-state index contributed by atoms with van der Waals surface area (Å²) < 4.78 is 0. The molecule has 5 heteroatoms. The first-order valence-corrected chi connectivity index (χ1v) is 8.59. The molecule has 3 rings (SSSR count). The molecule has 0 aliphatic heterocycles. The van der Waals surface area contributed by atoms with Crippen LogP contribution < -0.4 is 5.32 Å². The number of hydrogen-bond acceptors (Lipinski definition) is 3. The van der Waals surface area contributed by atoms with Crippen molar-refractivity contribution in [1.82, 2.24) is 0 Å². The molecule has 4 nitrogen and oxygen atoms in total. The minimum Gasteiger partial charge on any atom is -0.478 e. The largest absolute Gasteiger partial charge is 0.478 e. The Hall–Kier alpha value is -2.92. The molecule has 0 saturated carbocycles. The summed E-state index contributed by atoms with van der Waals surface area (Å²) >= 11 is 1.28. The number of hydrogen-bond donors (Lipinski definition) is 2. The molecule has 1 amide bonds. The van der Waals surface area contributed by atoms with Crippen LogP contribution in [0.5, 0.6) is 0 Å². The molecule has 2 aromatic carbocycles. The molecular formula is C20H17NO3S. The molecule has 0 atom stereocenters. The summed E-state index contributed by atoms with van der Waals surface area (Å²) in [6.07, 6.45) is 0. The van der Waals surface area contributed by atoms with Crippen LogP contribution in [0.15, 0.2) is 54.6 Å². The van der Waals surface area contributed by atoms with Gasteiger partial charge in [-0.15, -0.1) is 11.3 Å². The minimum absolute atomic E-state index is 0.135. The monoisotopic (exact) mass is 351 g/mol. The molecule has 3 aromatic rings. The highest BCUT2D eigenvalue weighted by Crippen LogP contribution is 2.40. The van der Waals surface area contributed by atoms with Gasteiger partial charge in [0.05, 0.1) is 0 Å². The minimum atomic E-state index is -1.05. The zero-order valence-electron chi connectivity index (χ0n) is 13.9. The second kappa shape index (κ2) is 6.91. The lowest BCUT2D eigenvalue weighted by Crippen LogP contribution is -2.13. The lowest BCUT2D eigenvalue weighted by Gasteiger charge is -2.07. The van der Waals surface area contributed by atoms with Gasteiger partial charge in [0.15, 0.2) is 0 Å². The number of carbonyl (C=O) groups excluding carboxylic acids is 1. The summed E-state index contributed by atoms with van der Waals surface area (Å²) in [5, 5.41) is 12.8. The summed E-state index contributed by atoms with van der Waals surface area (Å²) in [5.41, 5.74) is 3.21. The van der Waals surface area contributed by atoms with Crippen LogP contribution >= 0.6 is 11.3 Å². The molecule has 0 fully saturated rings. The Morgan fingerprint density at radius 1 is 0.960 bits per heavy atom. The van der Waals surface area contributed by atoms with Gasteiger partial charge in [-0.25, -0.2) is 4.79 Å². The number of aryl methyl sites for hydroxylation is 2. The van der Waals surface area contributed by atoms with Crippen molar-refractivity contribution in [3.05, 3.63) is 76.2 Å². The van der Waals surface area contributed by atoms with Gasteiger partial charge >= 0.3 is 5.97 Å². The van der Waals surface area contributed by atoms with Crippen molar-refractivity contribution in [2.45, 2.75) is 13.8 Å². The Morgan fingerprint density at radius 3 is 2.20 bits per heavy atom.